The normalized spacial score (nSPS) is 16.4. The number of halogens is 3. The molecule has 1 aromatic heterocycles. The maximum atomic E-state index is 13.1. The van der Waals surface area contributed by atoms with Gasteiger partial charge in [0.05, 0.1) is 10.7 Å². The third kappa shape index (κ3) is 3.24. The highest BCUT2D eigenvalue weighted by Crippen LogP contribution is 2.21. The third-order valence-corrected chi connectivity index (χ3v) is 3.82. The van der Waals surface area contributed by atoms with Crippen molar-refractivity contribution in [2.75, 3.05) is 13.1 Å². The van der Waals surface area contributed by atoms with Gasteiger partial charge in [-0.05, 0) is 33.6 Å². The van der Waals surface area contributed by atoms with E-state index in [4.69, 9.17) is 0 Å². The average molecular weight is 342 g/mol. The first kappa shape index (κ1) is 13.7. The van der Waals surface area contributed by atoms with Gasteiger partial charge in [-0.3, -0.25) is 9.58 Å². The van der Waals surface area contributed by atoms with Gasteiger partial charge in [0.1, 0.15) is 11.6 Å². The quantitative estimate of drug-likeness (QED) is 0.852. The van der Waals surface area contributed by atoms with Gasteiger partial charge in [-0.2, -0.15) is 5.10 Å². The molecule has 0 spiro atoms. The molecule has 20 heavy (non-hydrogen) atoms. The molecule has 0 atom stereocenters. The maximum absolute atomic E-state index is 13.1. The minimum atomic E-state index is -0.515. The first-order valence-electron chi connectivity index (χ1n) is 6.44. The van der Waals surface area contributed by atoms with Crippen molar-refractivity contribution in [1.29, 1.82) is 0 Å². The van der Waals surface area contributed by atoms with Gasteiger partial charge in [0.15, 0.2) is 0 Å². The van der Waals surface area contributed by atoms with Crippen molar-refractivity contribution in [2.45, 2.75) is 13.1 Å². The number of nitrogens with zero attached hydrogens (tertiary/aromatic N) is 3. The smallest absolute Gasteiger partial charge is 0.126 e. The Morgan fingerprint density at radius 2 is 1.90 bits per heavy atom. The molecule has 3 rings (SSSR count). The molecule has 2 aromatic rings. The fourth-order valence-corrected chi connectivity index (χ4v) is 2.91. The number of benzene rings is 1. The van der Waals surface area contributed by atoms with Crippen LogP contribution >= 0.6 is 15.9 Å². The largest absolute Gasteiger partial charge is 0.298 e. The van der Waals surface area contributed by atoms with E-state index in [0.29, 0.717) is 18.0 Å². The third-order valence-electron chi connectivity index (χ3n) is 3.41. The summed E-state index contributed by atoms with van der Waals surface area (Å²) >= 11 is 3.37. The van der Waals surface area contributed by atoms with Gasteiger partial charge in [0.25, 0.3) is 0 Å². The fraction of sp³-hybridized carbons (Fsp3) is 0.357. The SMILES string of the molecule is Fc1cc(F)cc(CN2CC(Cn3cc(Br)cn3)C2)c1. The molecule has 6 heteroatoms. The molecule has 2 heterocycles. The Morgan fingerprint density at radius 1 is 1.20 bits per heavy atom. The monoisotopic (exact) mass is 341 g/mol. The molecule has 0 N–H and O–H groups in total. The van der Waals surface area contributed by atoms with Crippen LogP contribution in [0.3, 0.4) is 0 Å². The summed E-state index contributed by atoms with van der Waals surface area (Å²) < 4.78 is 29.1. The summed E-state index contributed by atoms with van der Waals surface area (Å²) in [5.41, 5.74) is 0.683. The second kappa shape index (κ2) is 5.61. The Kier molecular flexibility index (Phi) is 3.85. The van der Waals surface area contributed by atoms with Gasteiger partial charge in [0.2, 0.25) is 0 Å². The van der Waals surface area contributed by atoms with E-state index >= 15 is 0 Å². The van der Waals surface area contributed by atoms with Gasteiger partial charge < -0.3 is 0 Å². The first-order valence-corrected chi connectivity index (χ1v) is 7.23. The van der Waals surface area contributed by atoms with Crippen LogP contribution in [0.5, 0.6) is 0 Å². The molecule has 0 amide bonds. The minimum absolute atomic E-state index is 0.515. The van der Waals surface area contributed by atoms with Crippen molar-refractivity contribution in [1.82, 2.24) is 14.7 Å². The maximum Gasteiger partial charge on any atom is 0.126 e. The topological polar surface area (TPSA) is 21.1 Å². The van der Waals surface area contributed by atoms with E-state index in [-0.39, 0.29) is 0 Å². The van der Waals surface area contributed by atoms with Crippen LogP contribution in [0.15, 0.2) is 35.1 Å². The number of hydrogen-bond donors (Lipinski definition) is 0. The van der Waals surface area contributed by atoms with Crippen molar-refractivity contribution < 1.29 is 8.78 Å². The van der Waals surface area contributed by atoms with Crippen molar-refractivity contribution in [3.8, 4) is 0 Å². The molecule has 1 aromatic carbocycles. The van der Waals surface area contributed by atoms with Crippen molar-refractivity contribution in [2.24, 2.45) is 5.92 Å². The highest BCUT2D eigenvalue weighted by Gasteiger charge is 2.27. The summed E-state index contributed by atoms with van der Waals surface area (Å²) in [6.45, 7) is 3.32. The lowest BCUT2D eigenvalue weighted by molar-refractivity contribution is 0.0776. The molecule has 0 radical (unpaired) electrons. The summed E-state index contributed by atoms with van der Waals surface area (Å²) in [5, 5.41) is 4.22. The number of aromatic nitrogens is 2. The van der Waals surface area contributed by atoms with Crippen molar-refractivity contribution >= 4 is 15.9 Å². The standard InChI is InChI=1S/C14H14BrF2N3/c15-12-4-18-20(9-12)8-11-6-19(7-11)5-10-1-13(16)3-14(17)2-10/h1-4,9,11H,5-8H2. The average Bonchev–Trinajstić information content (AvgIpc) is 2.71. The lowest BCUT2D eigenvalue weighted by Crippen LogP contribution is -2.47. The van der Waals surface area contributed by atoms with E-state index in [0.717, 1.165) is 30.2 Å². The second-order valence-corrected chi connectivity index (χ2v) is 6.13. The lowest BCUT2D eigenvalue weighted by atomic mass is 9.99. The molecule has 0 bridgehead atoms. The number of rotatable bonds is 4. The lowest BCUT2D eigenvalue weighted by Gasteiger charge is -2.39. The van der Waals surface area contributed by atoms with Gasteiger partial charge >= 0.3 is 0 Å². The van der Waals surface area contributed by atoms with Crippen LogP contribution in [0.1, 0.15) is 5.56 Å². The van der Waals surface area contributed by atoms with Crippen LogP contribution in [-0.4, -0.2) is 27.8 Å². The summed E-state index contributed by atoms with van der Waals surface area (Å²) in [6.07, 6.45) is 3.72. The fourth-order valence-electron chi connectivity index (χ4n) is 2.58. The number of likely N-dealkylation sites (tertiary alicyclic amines) is 1. The zero-order valence-corrected chi connectivity index (χ0v) is 12.4. The second-order valence-electron chi connectivity index (χ2n) is 5.22. The molecule has 3 nitrogen and oxygen atoms in total. The predicted molar refractivity (Wildman–Crippen MR) is 75.1 cm³/mol. The van der Waals surface area contributed by atoms with Crippen LogP contribution in [0, 0.1) is 17.6 Å². The van der Waals surface area contributed by atoms with Crippen LogP contribution in [0.25, 0.3) is 0 Å². The van der Waals surface area contributed by atoms with E-state index in [1.807, 2.05) is 10.9 Å². The zero-order valence-electron chi connectivity index (χ0n) is 10.8. The molecule has 1 aliphatic heterocycles. The Balaban J connectivity index is 1.50. The molecular formula is C14H14BrF2N3. The van der Waals surface area contributed by atoms with E-state index in [1.54, 1.807) is 6.20 Å². The Bertz CT molecular complexity index is 588. The van der Waals surface area contributed by atoms with E-state index < -0.39 is 11.6 Å². The minimum Gasteiger partial charge on any atom is -0.298 e. The van der Waals surface area contributed by atoms with E-state index in [1.165, 1.54) is 12.1 Å². The van der Waals surface area contributed by atoms with Crippen molar-refractivity contribution in [3.05, 3.63) is 52.3 Å². The predicted octanol–water partition coefficient (Wildman–Crippen LogP) is 3.06. The molecule has 0 aliphatic carbocycles. The van der Waals surface area contributed by atoms with Gasteiger partial charge in [-0.25, -0.2) is 8.78 Å². The van der Waals surface area contributed by atoms with Crippen molar-refractivity contribution in [3.63, 3.8) is 0 Å². The molecule has 106 valence electrons. The highest BCUT2D eigenvalue weighted by atomic mass is 79.9. The Labute approximate surface area is 124 Å². The molecule has 1 aliphatic rings. The van der Waals surface area contributed by atoms with Gasteiger partial charge in [-0.15, -0.1) is 0 Å². The zero-order chi connectivity index (χ0) is 14.1. The Morgan fingerprint density at radius 3 is 2.50 bits per heavy atom. The Hall–Kier alpha value is -1.27. The van der Waals surface area contributed by atoms with Crippen LogP contribution in [0.4, 0.5) is 8.78 Å². The van der Waals surface area contributed by atoms with Gasteiger partial charge in [-0.1, -0.05) is 0 Å². The highest BCUT2D eigenvalue weighted by molar-refractivity contribution is 9.10. The van der Waals surface area contributed by atoms with E-state index in [9.17, 15) is 8.78 Å². The van der Waals surface area contributed by atoms with Crippen LogP contribution in [-0.2, 0) is 13.1 Å². The molecule has 1 saturated heterocycles. The summed E-state index contributed by atoms with van der Waals surface area (Å²) in [5.74, 6) is -0.489. The van der Waals surface area contributed by atoms with E-state index in [2.05, 4.69) is 25.9 Å². The first-order chi connectivity index (χ1) is 9.58. The summed E-state index contributed by atoms with van der Waals surface area (Å²) in [7, 11) is 0. The van der Waals surface area contributed by atoms with Crippen LogP contribution in [0.2, 0.25) is 0 Å². The molecule has 0 unspecified atom stereocenters. The van der Waals surface area contributed by atoms with Crippen LogP contribution < -0.4 is 0 Å². The summed E-state index contributed by atoms with van der Waals surface area (Å²) in [4.78, 5) is 2.18. The molecule has 1 fully saturated rings. The number of hydrogen-bond acceptors (Lipinski definition) is 2. The van der Waals surface area contributed by atoms with Gasteiger partial charge in [0, 0.05) is 44.4 Å². The molecule has 0 saturated carbocycles. The molecular weight excluding hydrogens is 328 g/mol. The summed E-state index contributed by atoms with van der Waals surface area (Å²) in [6, 6.07) is 3.68.